The minimum atomic E-state index is 0.365. The van der Waals surface area contributed by atoms with Crippen LogP contribution in [-0.2, 0) is 0 Å². The molecular formula is C11H12N2. The maximum absolute atomic E-state index is 4.03. The first-order valence-corrected chi connectivity index (χ1v) is 4.40. The number of hydrogen-bond donors (Lipinski definition) is 0. The molecule has 1 atom stereocenters. The number of rotatable bonds is 2. The topological polar surface area (TPSA) is 17.8 Å². The summed E-state index contributed by atoms with van der Waals surface area (Å²) in [5, 5.41) is 0. The van der Waals surface area contributed by atoms with Gasteiger partial charge in [-0.15, -0.1) is 0 Å². The van der Waals surface area contributed by atoms with Gasteiger partial charge in [-0.05, 0) is 12.5 Å². The fraction of sp³-hybridized carbons (Fsp3) is 0.182. The Hall–Kier alpha value is -1.57. The van der Waals surface area contributed by atoms with E-state index < -0.39 is 0 Å². The summed E-state index contributed by atoms with van der Waals surface area (Å²) in [6.07, 6.45) is 5.63. The van der Waals surface area contributed by atoms with Crippen LogP contribution < -0.4 is 0 Å². The van der Waals surface area contributed by atoms with Crippen molar-refractivity contribution in [2.75, 3.05) is 0 Å². The highest BCUT2D eigenvalue weighted by atomic mass is 15.0. The van der Waals surface area contributed by atoms with Crippen molar-refractivity contribution in [1.29, 1.82) is 0 Å². The molecule has 2 nitrogen and oxygen atoms in total. The summed E-state index contributed by atoms with van der Waals surface area (Å²) >= 11 is 0. The molecule has 1 aromatic heterocycles. The standard InChI is InChI=1S/C11H12N2/c1-10(13-8-7-12-9-13)11-5-3-2-4-6-11/h2-10H,1H3/t10-/m0/s1. The number of hydrogen-bond acceptors (Lipinski definition) is 1. The molecule has 13 heavy (non-hydrogen) atoms. The molecule has 0 saturated heterocycles. The molecule has 0 bridgehead atoms. The third kappa shape index (κ3) is 1.61. The lowest BCUT2D eigenvalue weighted by molar-refractivity contribution is 0.638. The zero-order valence-corrected chi connectivity index (χ0v) is 7.59. The lowest BCUT2D eigenvalue weighted by atomic mass is 10.1. The SMILES string of the molecule is C[C@@H](c1ccccc1)n1ccnc1. The second kappa shape index (κ2) is 3.44. The van der Waals surface area contributed by atoms with E-state index >= 15 is 0 Å². The van der Waals surface area contributed by atoms with Crippen molar-refractivity contribution in [3.05, 3.63) is 54.6 Å². The van der Waals surface area contributed by atoms with Crippen LogP contribution in [-0.4, -0.2) is 9.55 Å². The van der Waals surface area contributed by atoms with Crippen molar-refractivity contribution in [1.82, 2.24) is 9.55 Å². The van der Waals surface area contributed by atoms with E-state index in [0.29, 0.717) is 6.04 Å². The summed E-state index contributed by atoms with van der Waals surface area (Å²) in [6, 6.07) is 10.8. The maximum atomic E-state index is 4.03. The number of aromatic nitrogens is 2. The van der Waals surface area contributed by atoms with Gasteiger partial charge >= 0.3 is 0 Å². The van der Waals surface area contributed by atoms with E-state index in [9.17, 15) is 0 Å². The van der Waals surface area contributed by atoms with Crippen molar-refractivity contribution < 1.29 is 0 Å². The Morgan fingerprint density at radius 3 is 2.62 bits per heavy atom. The first-order chi connectivity index (χ1) is 6.38. The summed E-state index contributed by atoms with van der Waals surface area (Å²) in [7, 11) is 0. The zero-order chi connectivity index (χ0) is 9.10. The van der Waals surface area contributed by atoms with Gasteiger partial charge < -0.3 is 4.57 Å². The Kier molecular flexibility index (Phi) is 2.13. The van der Waals surface area contributed by atoms with Gasteiger partial charge in [0.05, 0.1) is 12.4 Å². The average Bonchev–Trinajstić information content (AvgIpc) is 2.71. The van der Waals surface area contributed by atoms with Gasteiger partial charge in [0.15, 0.2) is 0 Å². The van der Waals surface area contributed by atoms with Crippen molar-refractivity contribution in [3.63, 3.8) is 0 Å². The molecule has 0 amide bonds. The third-order valence-corrected chi connectivity index (χ3v) is 2.25. The van der Waals surface area contributed by atoms with E-state index in [0.717, 1.165) is 0 Å². The van der Waals surface area contributed by atoms with Crippen LogP contribution in [0.25, 0.3) is 0 Å². The van der Waals surface area contributed by atoms with Gasteiger partial charge in [0, 0.05) is 12.4 Å². The van der Waals surface area contributed by atoms with Gasteiger partial charge in [0.25, 0.3) is 0 Å². The summed E-state index contributed by atoms with van der Waals surface area (Å²) in [5.74, 6) is 0. The molecule has 1 aromatic carbocycles. The van der Waals surface area contributed by atoms with Crippen LogP contribution in [0.1, 0.15) is 18.5 Å². The van der Waals surface area contributed by atoms with Gasteiger partial charge in [0.1, 0.15) is 0 Å². The molecular weight excluding hydrogens is 160 g/mol. The Labute approximate surface area is 77.9 Å². The molecule has 66 valence electrons. The van der Waals surface area contributed by atoms with E-state index in [2.05, 4.69) is 40.7 Å². The van der Waals surface area contributed by atoms with Gasteiger partial charge in [-0.1, -0.05) is 30.3 Å². The minimum absolute atomic E-state index is 0.365. The molecule has 2 rings (SSSR count). The smallest absolute Gasteiger partial charge is 0.0951 e. The highest BCUT2D eigenvalue weighted by Crippen LogP contribution is 2.15. The van der Waals surface area contributed by atoms with Gasteiger partial charge in [-0.25, -0.2) is 4.98 Å². The Bertz CT molecular complexity index is 351. The highest BCUT2D eigenvalue weighted by molar-refractivity contribution is 5.19. The van der Waals surface area contributed by atoms with Gasteiger partial charge in [-0.3, -0.25) is 0 Å². The van der Waals surface area contributed by atoms with E-state index in [-0.39, 0.29) is 0 Å². The molecule has 0 aliphatic heterocycles. The minimum Gasteiger partial charge on any atom is -0.330 e. The molecule has 0 aliphatic rings. The summed E-state index contributed by atoms with van der Waals surface area (Å²) < 4.78 is 2.09. The first kappa shape index (κ1) is 8.05. The lowest BCUT2D eigenvalue weighted by Gasteiger charge is -2.12. The Morgan fingerprint density at radius 1 is 1.23 bits per heavy atom. The van der Waals surface area contributed by atoms with Crippen molar-refractivity contribution in [2.24, 2.45) is 0 Å². The number of nitrogens with zero attached hydrogens (tertiary/aromatic N) is 2. The van der Waals surface area contributed by atoms with E-state index in [4.69, 9.17) is 0 Å². The zero-order valence-electron chi connectivity index (χ0n) is 7.59. The van der Waals surface area contributed by atoms with Crippen LogP contribution in [0.5, 0.6) is 0 Å². The molecule has 0 fully saturated rings. The van der Waals surface area contributed by atoms with Crippen molar-refractivity contribution in [2.45, 2.75) is 13.0 Å². The van der Waals surface area contributed by atoms with Gasteiger partial charge in [-0.2, -0.15) is 0 Å². The fourth-order valence-electron chi connectivity index (χ4n) is 1.40. The summed E-state index contributed by atoms with van der Waals surface area (Å²) in [6.45, 7) is 2.16. The van der Waals surface area contributed by atoms with E-state index in [1.807, 2.05) is 18.6 Å². The van der Waals surface area contributed by atoms with E-state index in [1.165, 1.54) is 5.56 Å². The summed E-state index contributed by atoms with van der Waals surface area (Å²) in [5.41, 5.74) is 1.31. The van der Waals surface area contributed by atoms with Crippen molar-refractivity contribution in [3.8, 4) is 0 Å². The Morgan fingerprint density at radius 2 is 2.00 bits per heavy atom. The second-order valence-electron chi connectivity index (χ2n) is 3.10. The molecule has 0 saturated carbocycles. The molecule has 2 heteroatoms. The molecule has 2 aromatic rings. The quantitative estimate of drug-likeness (QED) is 0.680. The predicted molar refractivity (Wildman–Crippen MR) is 52.5 cm³/mol. The molecule has 0 N–H and O–H groups in total. The maximum Gasteiger partial charge on any atom is 0.0951 e. The predicted octanol–water partition coefficient (Wildman–Crippen LogP) is 2.49. The molecule has 1 heterocycles. The van der Waals surface area contributed by atoms with Gasteiger partial charge in [0.2, 0.25) is 0 Å². The first-order valence-electron chi connectivity index (χ1n) is 4.40. The number of imidazole rings is 1. The number of benzene rings is 1. The molecule has 0 spiro atoms. The molecule has 0 radical (unpaired) electrons. The molecule has 0 aliphatic carbocycles. The van der Waals surface area contributed by atoms with Crippen molar-refractivity contribution >= 4 is 0 Å². The van der Waals surface area contributed by atoms with Crippen LogP contribution >= 0.6 is 0 Å². The van der Waals surface area contributed by atoms with Crippen LogP contribution in [0, 0.1) is 0 Å². The van der Waals surface area contributed by atoms with Crippen LogP contribution in [0.3, 0.4) is 0 Å². The second-order valence-corrected chi connectivity index (χ2v) is 3.10. The normalized spacial score (nSPS) is 12.7. The van der Waals surface area contributed by atoms with Crippen LogP contribution in [0.4, 0.5) is 0 Å². The van der Waals surface area contributed by atoms with E-state index in [1.54, 1.807) is 6.20 Å². The largest absolute Gasteiger partial charge is 0.330 e. The highest BCUT2D eigenvalue weighted by Gasteiger charge is 2.04. The molecule has 0 unspecified atom stereocenters. The monoisotopic (exact) mass is 172 g/mol. The third-order valence-electron chi connectivity index (χ3n) is 2.25. The average molecular weight is 172 g/mol. The lowest BCUT2D eigenvalue weighted by Crippen LogP contribution is -2.03. The fourth-order valence-corrected chi connectivity index (χ4v) is 1.40. The Balaban J connectivity index is 2.29. The summed E-state index contributed by atoms with van der Waals surface area (Å²) in [4.78, 5) is 4.03. The van der Waals surface area contributed by atoms with Crippen LogP contribution in [0.15, 0.2) is 49.1 Å². The van der Waals surface area contributed by atoms with Crippen LogP contribution in [0.2, 0.25) is 0 Å².